The van der Waals surface area contributed by atoms with E-state index in [9.17, 15) is 0 Å². The van der Waals surface area contributed by atoms with E-state index in [0.29, 0.717) is 5.69 Å². The molecule has 100 valence electrons. The predicted octanol–water partition coefficient (Wildman–Crippen LogP) is 4.03. The Balaban J connectivity index is 2.04. The van der Waals surface area contributed by atoms with E-state index in [0.717, 1.165) is 33.2 Å². The summed E-state index contributed by atoms with van der Waals surface area (Å²) in [7, 11) is 0. The molecule has 0 radical (unpaired) electrons. The summed E-state index contributed by atoms with van der Waals surface area (Å²) >= 11 is 0. The molecular weight excluding hydrogens is 258 g/mol. The van der Waals surface area contributed by atoms with Crippen molar-refractivity contribution in [1.82, 2.24) is 9.97 Å². The zero-order chi connectivity index (χ0) is 14.2. The quantitative estimate of drug-likeness (QED) is 0.420. The van der Waals surface area contributed by atoms with Crippen molar-refractivity contribution in [3.05, 3.63) is 66.7 Å². The molecular formula is C18H13N3. The topological polar surface area (TPSA) is 51.8 Å². The molecule has 0 aliphatic heterocycles. The number of hydrogen-bond donors (Lipinski definition) is 1. The maximum absolute atomic E-state index is 6.34. The molecule has 2 N–H and O–H groups in total. The SMILES string of the molecule is Nc1c(-c2ccccc2)ccc2nc3ccccc3nc12. The van der Waals surface area contributed by atoms with Crippen molar-refractivity contribution >= 4 is 27.8 Å². The van der Waals surface area contributed by atoms with Crippen LogP contribution in [-0.4, -0.2) is 9.97 Å². The minimum Gasteiger partial charge on any atom is -0.396 e. The van der Waals surface area contributed by atoms with Crippen LogP contribution in [0.15, 0.2) is 66.7 Å². The van der Waals surface area contributed by atoms with Gasteiger partial charge in [0.15, 0.2) is 0 Å². The molecule has 4 rings (SSSR count). The molecule has 0 fully saturated rings. The highest BCUT2D eigenvalue weighted by atomic mass is 14.8. The van der Waals surface area contributed by atoms with Crippen LogP contribution in [0.3, 0.4) is 0 Å². The predicted molar refractivity (Wildman–Crippen MR) is 86.9 cm³/mol. The van der Waals surface area contributed by atoms with Gasteiger partial charge in [-0.1, -0.05) is 48.5 Å². The fraction of sp³-hybridized carbons (Fsp3) is 0. The highest BCUT2D eigenvalue weighted by Gasteiger charge is 2.09. The fourth-order valence-corrected chi connectivity index (χ4v) is 2.58. The van der Waals surface area contributed by atoms with Crippen LogP contribution in [-0.2, 0) is 0 Å². The molecule has 4 aromatic rings. The average Bonchev–Trinajstić information content (AvgIpc) is 2.55. The number of nitrogen functional groups attached to an aromatic ring is 1. The monoisotopic (exact) mass is 271 g/mol. The van der Waals surface area contributed by atoms with Crippen LogP contribution in [0.1, 0.15) is 0 Å². The lowest BCUT2D eigenvalue weighted by Crippen LogP contribution is -1.96. The summed E-state index contributed by atoms with van der Waals surface area (Å²) in [4.78, 5) is 9.31. The van der Waals surface area contributed by atoms with Crippen LogP contribution in [0, 0.1) is 0 Å². The third-order valence-electron chi connectivity index (χ3n) is 3.64. The van der Waals surface area contributed by atoms with Gasteiger partial charge in [0.1, 0.15) is 5.52 Å². The molecule has 0 unspecified atom stereocenters. The molecule has 3 aromatic carbocycles. The summed E-state index contributed by atoms with van der Waals surface area (Å²) in [5.41, 5.74) is 12.4. The number of anilines is 1. The second-order valence-electron chi connectivity index (χ2n) is 4.97. The number of hydrogen-bond acceptors (Lipinski definition) is 3. The van der Waals surface area contributed by atoms with Gasteiger partial charge >= 0.3 is 0 Å². The average molecular weight is 271 g/mol. The summed E-state index contributed by atoms with van der Waals surface area (Å²) in [5, 5.41) is 0. The van der Waals surface area contributed by atoms with Gasteiger partial charge in [-0.05, 0) is 23.8 Å². The molecule has 0 bridgehead atoms. The van der Waals surface area contributed by atoms with Gasteiger partial charge in [-0.2, -0.15) is 0 Å². The molecule has 0 saturated carbocycles. The van der Waals surface area contributed by atoms with Crippen molar-refractivity contribution in [2.45, 2.75) is 0 Å². The molecule has 1 aromatic heterocycles. The molecule has 3 nitrogen and oxygen atoms in total. The first-order valence-corrected chi connectivity index (χ1v) is 6.83. The van der Waals surface area contributed by atoms with Crippen molar-refractivity contribution in [3.63, 3.8) is 0 Å². The number of para-hydroxylation sites is 2. The van der Waals surface area contributed by atoms with Crippen LogP contribution in [0.2, 0.25) is 0 Å². The van der Waals surface area contributed by atoms with E-state index in [4.69, 9.17) is 5.73 Å². The zero-order valence-corrected chi connectivity index (χ0v) is 11.3. The number of aromatic nitrogens is 2. The standard InChI is InChI=1S/C18H13N3/c19-17-13(12-6-2-1-3-7-12)10-11-16-18(17)21-15-9-5-4-8-14(15)20-16/h1-11H,19H2. The Morgan fingerprint density at radius 1 is 0.619 bits per heavy atom. The Bertz CT molecular complexity index is 946. The lowest BCUT2D eigenvalue weighted by molar-refractivity contribution is 1.39. The number of rotatable bonds is 1. The lowest BCUT2D eigenvalue weighted by atomic mass is 10.0. The molecule has 0 spiro atoms. The van der Waals surface area contributed by atoms with E-state index in [-0.39, 0.29) is 0 Å². The molecule has 0 amide bonds. The first-order chi connectivity index (χ1) is 10.3. The Morgan fingerprint density at radius 2 is 1.29 bits per heavy atom. The van der Waals surface area contributed by atoms with Gasteiger partial charge < -0.3 is 5.73 Å². The van der Waals surface area contributed by atoms with Gasteiger partial charge in [-0.25, -0.2) is 9.97 Å². The van der Waals surface area contributed by atoms with Crippen LogP contribution >= 0.6 is 0 Å². The van der Waals surface area contributed by atoms with Gasteiger partial charge in [0.05, 0.1) is 22.2 Å². The lowest BCUT2D eigenvalue weighted by Gasteiger charge is -2.09. The first-order valence-electron chi connectivity index (χ1n) is 6.83. The van der Waals surface area contributed by atoms with Crippen LogP contribution in [0.4, 0.5) is 5.69 Å². The molecule has 0 atom stereocenters. The third-order valence-corrected chi connectivity index (χ3v) is 3.64. The Hall–Kier alpha value is -2.94. The van der Waals surface area contributed by atoms with E-state index in [1.54, 1.807) is 0 Å². The van der Waals surface area contributed by atoms with Crippen molar-refractivity contribution in [3.8, 4) is 11.1 Å². The highest BCUT2D eigenvalue weighted by molar-refractivity contribution is 5.99. The molecule has 21 heavy (non-hydrogen) atoms. The zero-order valence-electron chi connectivity index (χ0n) is 11.3. The number of nitrogens with two attached hydrogens (primary N) is 1. The first kappa shape index (κ1) is 11.9. The van der Waals surface area contributed by atoms with Crippen molar-refractivity contribution in [2.75, 3.05) is 5.73 Å². The maximum Gasteiger partial charge on any atom is 0.113 e. The number of benzene rings is 3. The summed E-state index contributed by atoms with van der Waals surface area (Å²) < 4.78 is 0. The van der Waals surface area contributed by atoms with Crippen molar-refractivity contribution < 1.29 is 0 Å². The molecule has 0 saturated heterocycles. The van der Waals surface area contributed by atoms with Crippen LogP contribution in [0.25, 0.3) is 33.2 Å². The molecule has 0 aliphatic rings. The summed E-state index contributed by atoms with van der Waals surface area (Å²) in [5.74, 6) is 0. The van der Waals surface area contributed by atoms with E-state index in [1.807, 2.05) is 66.7 Å². The Kier molecular flexibility index (Phi) is 2.57. The van der Waals surface area contributed by atoms with Gasteiger partial charge in [-0.15, -0.1) is 0 Å². The normalized spacial score (nSPS) is 11.0. The largest absolute Gasteiger partial charge is 0.396 e. The van der Waals surface area contributed by atoms with Crippen LogP contribution in [0.5, 0.6) is 0 Å². The molecule has 0 aliphatic carbocycles. The smallest absolute Gasteiger partial charge is 0.113 e. The minimum atomic E-state index is 0.678. The van der Waals surface area contributed by atoms with Gasteiger partial charge in [0, 0.05) is 5.56 Å². The fourth-order valence-electron chi connectivity index (χ4n) is 2.58. The van der Waals surface area contributed by atoms with E-state index in [1.165, 1.54) is 0 Å². The van der Waals surface area contributed by atoms with E-state index < -0.39 is 0 Å². The minimum absolute atomic E-state index is 0.678. The van der Waals surface area contributed by atoms with Gasteiger partial charge in [0.2, 0.25) is 0 Å². The van der Waals surface area contributed by atoms with Crippen molar-refractivity contribution in [1.29, 1.82) is 0 Å². The van der Waals surface area contributed by atoms with Crippen molar-refractivity contribution in [2.24, 2.45) is 0 Å². The third kappa shape index (κ3) is 1.91. The Morgan fingerprint density at radius 3 is 2.05 bits per heavy atom. The number of fused-ring (bicyclic) bond motifs is 2. The maximum atomic E-state index is 6.34. The van der Waals surface area contributed by atoms with E-state index >= 15 is 0 Å². The highest BCUT2D eigenvalue weighted by Crippen LogP contribution is 2.31. The summed E-state index contributed by atoms with van der Waals surface area (Å²) in [6.07, 6.45) is 0. The van der Waals surface area contributed by atoms with Gasteiger partial charge in [0.25, 0.3) is 0 Å². The number of nitrogens with zero attached hydrogens (tertiary/aromatic N) is 2. The van der Waals surface area contributed by atoms with E-state index in [2.05, 4.69) is 9.97 Å². The molecule has 3 heteroatoms. The Labute approximate surface area is 122 Å². The second-order valence-corrected chi connectivity index (χ2v) is 4.97. The van der Waals surface area contributed by atoms with Crippen LogP contribution < -0.4 is 5.73 Å². The molecule has 1 heterocycles. The summed E-state index contributed by atoms with van der Waals surface area (Å²) in [6.45, 7) is 0. The summed E-state index contributed by atoms with van der Waals surface area (Å²) in [6, 6.07) is 21.9. The van der Waals surface area contributed by atoms with Gasteiger partial charge in [-0.3, -0.25) is 0 Å². The second kappa shape index (κ2) is 4.56.